The number of methoxy groups -OCH3 is 1. The van der Waals surface area contributed by atoms with Crippen LogP contribution in [0.1, 0.15) is 15.9 Å². The maximum atomic E-state index is 12.9. The van der Waals surface area contributed by atoms with Crippen molar-refractivity contribution in [1.82, 2.24) is 0 Å². The summed E-state index contributed by atoms with van der Waals surface area (Å²) in [5.41, 5.74) is 0.707. The van der Waals surface area contributed by atoms with E-state index in [1.54, 1.807) is 6.92 Å². The third-order valence-corrected chi connectivity index (χ3v) is 1.64. The van der Waals surface area contributed by atoms with Crippen LogP contribution in [0.4, 0.5) is 4.39 Å². The van der Waals surface area contributed by atoms with Crippen LogP contribution in [-0.2, 0) is 0 Å². The molecule has 0 aliphatic carbocycles. The van der Waals surface area contributed by atoms with Crippen molar-refractivity contribution in [3.63, 3.8) is 0 Å². The van der Waals surface area contributed by atoms with Crippen LogP contribution in [0.3, 0.4) is 0 Å². The van der Waals surface area contributed by atoms with Gasteiger partial charge in [-0.25, -0.2) is 4.39 Å². The summed E-state index contributed by atoms with van der Waals surface area (Å²) in [5, 5.41) is 0. The fourth-order valence-corrected chi connectivity index (χ4v) is 0.979. The summed E-state index contributed by atoms with van der Waals surface area (Å²) < 4.78 is 17.8. The molecule has 1 rings (SSSR count). The second kappa shape index (κ2) is 3.34. The molecule has 0 aliphatic rings. The van der Waals surface area contributed by atoms with Gasteiger partial charge in [0.05, 0.1) is 12.7 Å². The zero-order valence-electron chi connectivity index (χ0n) is 6.93. The summed E-state index contributed by atoms with van der Waals surface area (Å²) in [4.78, 5) is 10.3. The van der Waals surface area contributed by atoms with Crippen molar-refractivity contribution in [2.75, 3.05) is 7.11 Å². The van der Waals surface area contributed by atoms with Gasteiger partial charge in [-0.2, -0.15) is 0 Å². The van der Waals surface area contributed by atoms with Crippen LogP contribution >= 0.6 is 0 Å². The van der Waals surface area contributed by atoms with Crippen molar-refractivity contribution in [3.05, 3.63) is 29.1 Å². The van der Waals surface area contributed by atoms with Crippen molar-refractivity contribution in [3.8, 4) is 5.75 Å². The van der Waals surface area contributed by atoms with E-state index < -0.39 is 5.82 Å². The van der Waals surface area contributed by atoms with Crippen LogP contribution in [0.2, 0.25) is 0 Å². The van der Waals surface area contributed by atoms with E-state index in [1.165, 1.54) is 19.2 Å². The van der Waals surface area contributed by atoms with Gasteiger partial charge in [0.1, 0.15) is 11.6 Å². The molecule has 12 heavy (non-hydrogen) atoms. The first kappa shape index (κ1) is 8.71. The topological polar surface area (TPSA) is 26.3 Å². The summed E-state index contributed by atoms with van der Waals surface area (Å²) in [7, 11) is 1.48. The van der Waals surface area contributed by atoms with Gasteiger partial charge >= 0.3 is 0 Å². The van der Waals surface area contributed by atoms with Crippen LogP contribution in [0, 0.1) is 12.7 Å². The first-order valence-electron chi connectivity index (χ1n) is 3.48. The second-order valence-corrected chi connectivity index (χ2v) is 2.46. The third kappa shape index (κ3) is 1.44. The predicted octanol–water partition coefficient (Wildman–Crippen LogP) is 1.96. The molecule has 0 saturated heterocycles. The molecule has 1 aromatic rings. The Morgan fingerprint density at radius 2 is 2.17 bits per heavy atom. The summed E-state index contributed by atoms with van der Waals surface area (Å²) >= 11 is 0. The summed E-state index contributed by atoms with van der Waals surface area (Å²) in [6.07, 6.45) is 0.470. The smallest absolute Gasteiger partial charge is 0.153 e. The van der Waals surface area contributed by atoms with Crippen molar-refractivity contribution in [1.29, 1.82) is 0 Å². The SMILES string of the molecule is COc1cc(C=O)c(F)cc1C. The molecular weight excluding hydrogens is 159 g/mol. The van der Waals surface area contributed by atoms with Gasteiger partial charge in [-0.3, -0.25) is 4.79 Å². The number of carbonyl (C=O) groups excluding carboxylic acids is 1. The molecule has 3 heteroatoms. The zero-order valence-corrected chi connectivity index (χ0v) is 6.93. The first-order valence-corrected chi connectivity index (χ1v) is 3.48. The number of carbonyl (C=O) groups is 1. The normalized spacial score (nSPS) is 9.58. The average Bonchev–Trinajstić information content (AvgIpc) is 2.05. The molecule has 1 aromatic carbocycles. The molecule has 0 N–H and O–H groups in total. The number of aldehydes is 1. The lowest BCUT2D eigenvalue weighted by atomic mass is 10.1. The fourth-order valence-electron chi connectivity index (χ4n) is 0.979. The van der Waals surface area contributed by atoms with E-state index in [2.05, 4.69) is 0 Å². The Morgan fingerprint density at radius 1 is 1.50 bits per heavy atom. The maximum absolute atomic E-state index is 12.9. The largest absolute Gasteiger partial charge is 0.496 e. The number of hydrogen-bond donors (Lipinski definition) is 0. The molecule has 0 saturated carbocycles. The maximum Gasteiger partial charge on any atom is 0.153 e. The lowest BCUT2D eigenvalue weighted by molar-refractivity contribution is 0.111. The van der Waals surface area contributed by atoms with Gasteiger partial charge in [0.15, 0.2) is 6.29 Å². The van der Waals surface area contributed by atoms with Gasteiger partial charge in [0.2, 0.25) is 0 Å². The lowest BCUT2D eigenvalue weighted by Gasteiger charge is -2.04. The molecule has 64 valence electrons. The van der Waals surface area contributed by atoms with E-state index in [4.69, 9.17) is 4.74 Å². The Morgan fingerprint density at radius 3 is 2.67 bits per heavy atom. The fraction of sp³-hybridized carbons (Fsp3) is 0.222. The molecule has 2 nitrogen and oxygen atoms in total. The highest BCUT2D eigenvalue weighted by atomic mass is 19.1. The number of halogens is 1. The quantitative estimate of drug-likeness (QED) is 0.631. The molecule has 0 radical (unpaired) electrons. The molecule has 0 amide bonds. The first-order chi connectivity index (χ1) is 5.69. The van der Waals surface area contributed by atoms with E-state index in [0.29, 0.717) is 17.6 Å². The van der Waals surface area contributed by atoms with E-state index in [1.807, 2.05) is 0 Å². The molecule has 0 aromatic heterocycles. The van der Waals surface area contributed by atoms with Crippen LogP contribution in [0.5, 0.6) is 5.75 Å². The highest BCUT2D eigenvalue weighted by molar-refractivity contribution is 5.76. The van der Waals surface area contributed by atoms with Gasteiger partial charge < -0.3 is 4.74 Å². The van der Waals surface area contributed by atoms with Gasteiger partial charge in [-0.1, -0.05) is 0 Å². The minimum absolute atomic E-state index is 0.0254. The minimum atomic E-state index is -0.511. The Kier molecular flexibility index (Phi) is 2.43. The summed E-state index contributed by atoms with van der Waals surface area (Å²) in [6, 6.07) is 2.67. The molecular formula is C9H9FO2. The van der Waals surface area contributed by atoms with Crippen LogP contribution in [0.15, 0.2) is 12.1 Å². The van der Waals surface area contributed by atoms with Gasteiger partial charge in [0.25, 0.3) is 0 Å². The number of benzene rings is 1. The molecule has 0 bridgehead atoms. The Bertz CT molecular complexity index is 308. The Hall–Kier alpha value is -1.38. The van der Waals surface area contributed by atoms with Crippen molar-refractivity contribution in [2.24, 2.45) is 0 Å². The second-order valence-electron chi connectivity index (χ2n) is 2.46. The third-order valence-electron chi connectivity index (χ3n) is 1.64. The highest BCUT2D eigenvalue weighted by Gasteiger charge is 2.05. The minimum Gasteiger partial charge on any atom is -0.496 e. The van der Waals surface area contributed by atoms with Gasteiger partial charge in [-0.05, 0) is 24.6 Å². The Labute approximate surface area is 70.0 Å². The average molecular weight is 168 g/mol. The molecule has 0 aliphatic heterocycles. The standard InChI is InChI=1S/C9H9FO2/c1-6-3-8(10)7(5-11)4-9(6)12-2/h3-5H,1-2H3. The van der Waals surface area contributed by atoms with Crippen LogP contribution in [0.25, 0.3) is 0 Å². The predicted molar refractivity (Wildman–Crippen MR) is 43.1 cm³/mol. The summed E-state index contributed by atoms with van der Waals surface area (Å²) in [5.74, 6) is 0.0156. The number of rotatable bonds is 2. The number of ether oxygens (including phenoxy) is 1. The highest BCUT2D eigenvalue weighted by Crippen LogP contribution is 2.20. The van der Waals surface area contributed by atoms with E-state index in [0.717, 1.165) is 0 Å². The zero-order chi connectivity index (χ0) is 9.14. The molecule has 0 atom stereocenters. The van der Waals surface area contributed by atoms with E-state index >= 15 is 0 Å². The number of hydrogen-bond acceptors (Lipinski definition) is 2. The molecule has 0 heterocycles. The Balaban J connectivity index is 3.26. The van der Waals surface area contributed by atoms with Gasteiger partial charge in [0, 0.05) is 0 Å². The van der Waals surface area contributed by atoms with Crippen LogP contribution in [-0.4, -0.2) is 13.4 Å². The van der Waals surface area contributed by atoms with E-state index in [-0.39, 0.29) is 5.56 Å². The van der Waals surface area contributed by atoms with Crippen molar-refractivity contribution >= 4 is 6.29 Å². The molecule has 0 fully saturated rings. The van der Waals surface area contributed by atoms with Crippen LogP contribution < -0.4 is 4.74 Å². The van der Waals surface area contributed by atoms with Gasteiger partial charge in [-0.15, -0.1) is 0 Å². The number of aryl methyl sites for hydroxylation is 1. The monoisotopic (exact) mass is 168 g/mol. The lowest BCUT2D eigenvalue weighted by Crippen LogP contribution is -1.93. The van der Waals surface area contributed by atoms with E-state index in [9.17, 15) is 9.18 Å². The van der Waals surface area contributed by atoms with Crippen molar-refractivity contribution < 1.29 is 13.9 Å². The summed E-state index contributed by atoms with van der Waals surface area (Å²) in [6.45, 7) is 1.72. The molecule has 0 spiro atoms. The van der Waals surface area contributed by atoms with Crippen molar-refractivity contribution in [2.45, 2.75) is 6.92 Å². The molecule has 0 unspecified atom stereocenters.